The van der Waals surface area contributed by atoms with E-state index in [0.717, 1.165) is 16.5 Å². The molecule has 242 valence electrons. The summed E-state index contributed by atoms with van der Waals surface area (Å²) in [6.45, 7) is 1.47. The van der Waals surface area contributed by atoms with Crippen molar-refractivity contribution >= 4 is 40.7 Å². The highest BCUT2D eigenvalue weighted by Crippen LogP contribution is 2.19. The van der Waals surface area contributed by atoms with Gasteiger partial charge < -0.3 is 47.3 Å². The van der Waals surface area contributed by atoms with Gasteiger partial charge in [-0.05, 0) is 37.0 Å². The fourth-order valence-corrected chi connectivity index (χ4v) is 4.21. The maximum Gasteiger partial charge on any atom is 0.408 e. The molecule has 0 saturated heterocycles. The Morgan fingerprint density at radius 2 is 1.69 bits per heavy atom. The second-order valence-corrected chi connectivity index (χ2v) is 9.74. The first kappa shape index (κ1) is 35.5. The van der Waals surface area contributed by atoms with Gasteiger partial charge in [0.15, 0.2) is 5.03 Å². The van der Waals surface area contributed by atoms with Crippen molar-refractivity contribution in [1.82, 2.24) is 26.3 Å². The number of nitrogens with zero attached hydrogens (tertiary/aromatic N) is 2. The molecule has 10 N–H and O–H groups in total. The number of H-pyrrole nitrogens is 1. The molecular weight excluding hydrogens is 592 g/mol. The number of alkyl carbamates (subject to hydrolysis) is 1. The number of rotatable bonds is 15. The van der Waals surface area contributed by atoms with E-state index in [1.165, 1.54) is 6.92 Å². The Bertz CT molecular complexity index is 1500. The van der Waals surface area contributed by atoms with E-state index in [1.807, 2.05) is 30.3 Å². The van der Waals surface area contributed by atoms with Crippen molar-refractivity contribution < 1.29 is 39.5 Å². The van der Waals surface area contributed by atoms with E-state index in [9.17, 15) is 34.4 Å². The summed E-state index contributed by atoms with van der Waals surface area (Å²) in [4.78, 5) is 64.1. The number of aromatic amines is 1. The molecule has 3 atom stereocenters. The monoisotopic (exact) mass is 628 g/mol. The molecule has 0 radical (unpaired) electrons. The molecule has 3 amide bonds. The quantitative estimate of drug-likeness (QED) is 0.0393. The Morgan fingerprint density at radius 3 is 2.38 bits per heavy atom. The Hall–Kier alpha value is -5.71. The fourth-order valence-electron chi connectivity index (χ4n) is 4.21. The number of nitro groups is 1. The van der Waals surface area contributed by atoms with E-state index >= 15 is 0 Å². The summed E-state index contributed by atoms with van der Waals surface area (Å²) < 4.78 is 5.16. The Kier molecular flexibility index (Phi) is 13.7. The van der Waals surface area contributed by atoms with Crippen molar-refractivity contribution in [3.63, 3.8) is 0 Å². The van der Waals surface area contributed by atoms with Gasteiger partial charge in [0.05, 0.1) is 0 Å². The Morgan fingerprint density at radius 1 is 1.02 bits per heavy atom. The number of guanidine groups is 1. The molecule has 0 aliphatic carbocycles. The summed E-state index contributed by atoms with van der Waals surface area (Å²) in [6, 6.07) is 12.6. The number of amides is 3. The number of hydrogen-bond donors (Lipinski definition) is 7. The summed E-state index contributed by atoms with van der Waals surface area (Å²) in [7, 11) is 0. The lowest BCUT2D eigenvalue weighted by atomic mass is 10.0. The zero-order valence-corrected chi connectivity index (χ0v) is 24.3. The van der Waals surface area contributed by atoms with Crippen molar-refractivity contribution in [1.29, 1.82) is 0 Å². The molecule has 3 rings (SSSR count). The van der Waals surface area contributed by atoms with E-state index in [2.05, 4.69) is 31.4 Å². The molecule has 0 bridgehead atoms. The highest BCUT2D eigenvalue weighted by Gasteiger charge is 2.29. The molecule has 3 aromatic rings. The normalized spacial score (nSPS) is 13.0. The number of carboxylic acid groups (broad SMARTS) is 1. The first-order valence-corrected chi connectivity index (χ1v) is 13.6. The number of para-hydroxylation sites is 1. The maximum atomic E-state index is 13.4. The average molecular weight is 629 g/mol. The minimum atomic E-state index is -1.34. The number of aromatic nitrogens is 1. The Balaban J connectivity index is 0.00000705. The van der Waals surface area contributed by atoms with Gasteiger partial charge in [0.25, 0.3) is 5.96 Å². The Labute approximate surface area is 257 Å². The molecule has 45 heavy (non-hydrogen) atoms. The van der Waals surface area contributed by atoms with E-state index < -0.39 is 53.0 Å². The van der Waals surface area contributed by atoms with Gasteiger partial charge in [0.1, 0.15) is 29.8 Å². The highest BCUT2D eigenvalue weighted by atomic mass is 16.7. The molecule has 17 nitrogen and oxygen atoms in total. The van der Waals surface area contributed by atoms with Gasteiger partial charge in [-0.1, -0.05) is 48.5 Å². The third-order valence-corrected chi connectivity index (χ3v) is 6.45. The van der Waals surface area contributed by atoms with Crippen LogP contribution in [-0.4, -0.2) is 75.1 Å². The number of nitrogens with one attached hydrogen (secondary N) is 5. The highest BCUT2D eigenvalue weighted by molar-refractivity contribution is 5.93. The van der Waals surface area contributed by atoms with Crippen LogP contribution in [0.25, 0.3) is 10.9 Å². The number of carbonyl (C=O) groups is 4. The van der Waals surface area contributed by atoms with E-state index in [1.54, 1.807) is 30.5 Å². The lowest BCUT2D eigenvalue weighted by molar-refractivity contribution is -0.485. The van der Waals surface area contributed by atoms with Crippen LogP contribution < -0.4 is 27.0 Å². The summed E-state index contributed by atoms with van der Waals surface area (Å²) in [6.07, 6.45) is 0.971. The summed E-state index contributed by atoms with van der Waals surface area (Å²) >= 11 is 0. The third-order valence-electron chi connectivity index (χ3n) is 6.45. The van der Waals surface area contributed by atoms with E-state index in [0.29, 0.717) is 5.56 Å². The van der Waals surface area contributed by atoms with Crippen LogP contribution in [0.4, 0.5) is 4.79 Å². The van der Waals surface area contributed by atoms with Crippen molar-refractivity contribution in [2.24, 2.45) is 10.8 Å². The van der Waals surface area contributed by atoms with Gasteiger partial charge in [-0.2, -0.15) is 0 Å². The molecule has 2 aromatic carbocycles. The van der Waals surface area contributed by atoms with Gasteiger partial charge >= 0.3 is 12.1 Å². The standard InChI is InChI=1S/C28H34N8O8.H2O/c1-17(32-28(41)44-16-18-8-3-2-4-9-18)24(37)34-23(14-19-15-31-21-11-6-5-10-20(19)21)25(38)33-22(26(39)40)12-7-13-30-27(29)35-36(42)43;/h2-6,8-11,15,17,22-23,31H,7,12-14,16H2,1H3,(H,32,41)(H,33,38)(H,34,37)(H,39,40)(H3,29,30,35);1H2/t17-,22-,23-;/m0./s1. The minimum Gasteiger partial charge on any atom is -0.480 e. The number of aliphatic carboxylic acids is 1. The van der Waals surface area contributed by atoms with Gasteiger partial charge in [-0.3, -0.25) is 9.59 Å². The second kappa shape index (κ2) is 17.4. The SMILES string of the molecule is C[C@H](NC(=O)OCc1ccccc1)C(=O)N[C@@H](Cc1c[nH]c2ccccc12)C(=O)N[C@@H](CCCN/C(N)=N\[N+](=O)[O-])C(=O)O.O. The molecule has 1 aromatic heterocycles. The smallest absolute Gasteiger partial charge is 0.408 e. The van der Waals surface area contributed by atoms with Crippen LogP contribution in [0.3, 0.4) is 0 Å². The number of carbonyl (C=O) groups excluding carboxylic acids is 3. The number of fused-ring (bicyclic) bond motifs is 1. The van der Waals surface area contributed by atoms with Crippen molar-refractivity contribution in [2.45, 2.75) is 50.9 Å². The minimum absolute atomic E-state index is 0. The molecule has 0 unspecified atom stereocenters. The molecular formula is C28H36N8O9. The number of ether oxygens (including phenoxy) is 1. The van der Waals surface area contributed by atoms with E-state index in [-0.39, 0.29) is 37.9 Å². The van der Waals surface area contributed by atoms with Gasteiger partial charge in [-0.15, -0.1) is 0 Å². The van der Waals surface area contributed by atoms with Crippen LogP contribution in [0.1, 0.15) is 30.9 Å². The fraction of sp³-hybridized carbons (Fsp3) is 0.321. The van der Waals surface area contributed by atoms with Crippen LogP contribution >= 0.6 is 0 Å². The predicted octanol–water partition coefficient (Wildman–Crippen LogP) is 0.131. The number of benzene rings is 2. The largest absolute Gasteiger partial charge is 0.480 e. The van der Waals surface area contributed by atoms with Gasteiger partial charge in [0, 0.05) is 30.1 Å². The number of hydrogen-bond acceptors (Lipinski definition) is 7. The number of nitrogens with two attached hydrogens (primary N) is 1. The van der Waals surface area contributed by atoms with Crippen LogP contribution in [0.2, 0.25) is 0 Å². The number of hydrazone groups is 1. The van der Waals surface area contributed by atoms with Crippen LogP contribution in [0, 0.1) is 10.1 Å². The van der Waals surface area contributed by atoms with Crippen molar-refractivity contribution in [2.75, 3.05) is 6.54 Å². The second-order valence-electron chi connectivity index (χ2n) is 9.74. The first-order valence-electron chi connectivity index (χ1n) is 13.6. The van der Waals surface area contributed by atoms with Crippen molar-refractivity contribution in [3.8, 4) is 0 Å². The summed E-state index contributed by atoms with van der Waals surface area (Å²) in [5.74, 6) is -3.23. The molecule has 0 fully saturated rings. The molecule has 0 spiro atoms. The van der Waals surface area contributed by atoms with Gasteiger partial charge in [0.2, 0.25) is 11.8 Å². The summed E-state index contributed by atoms with van der Waals surface area (Å²) in [5.41, 5.74) is 7.61. The lowest BCUT2D eigenvalue weighted by Gasteiger charge is -2.23. The lowest BCUT2D eigenvalue weighted by Crippen LogP contribution is -2.56. The van der Waals surface area contributed by atoms with Crippen LogP contribution in [-0.2, 0) is 32.1 Å². The zero-order valence-electron chi connectivity index (χ0n) is 24.3. The van der Waals surface area contributed by atoms with Crippen LogP contribution in [0.15, 0.2) is 65.9 Å². The molecule has 17 heteroatoms. The maximum absolute atomic E-state index is 13.4. The summed E-state index contributed by atoms with van der Waals surface area (Å²) in [5, 5.41) is 32.8. The molecule has 0 aliphatic heterocycles. The predicted molar refractivity (Wildman–Crippen MR) is 162 cm³/mol. The number of carboxylic acids is 1. The topological polar surface area (TPSA) is 275 Å². The van der Waals surface area contributed by atoms with Crippen molar-refractivity contribution in [3.05, 3.63) is 82.0 Å². The zero-order chi connectivity index (χ0) is 32.1. The van der Waals surface area contributed by atoms with E-state index in [4.69, 9.17) is 10.5 Å². The van der Waals surface area contributed by atoms with Crippen LogP contribution in [0.5, 0.6) is 0 Å². The first-order chi connectivity index (χ1) is 21.0. The molecule has 1 heterocycles. The third kappa shape index (κ3) is 11.5. The molecule has 0 aliphatic rings. The molecule has 0 saturated carbocycles. The average Bonchev–Trinajstić information content (AvgIpc) is 3.39. The van der Waals surface area contributed by atoms with Gasteiger partial charge in [-0.25, -0.2) is 19.7 Å².